The van der Waals surface area contributed by atoms with Crippen LogP contribution in [0.25, 0.3) is 0 Å². The van der Waals surface area contributed by atoms with Gasteiger partial charge in [-0.05, 0) is 118 Å². The summed E-state index contributed by atoms with van der Waals surface area (Å²) in [5.74, 6) is -0.854. The van der Waals surface area contributed by atoms with E-state index >= 15 is 0 Å². The summed E-state index contributed by atoms with van der Waals surface area (Å²) in [4.78, 5) is 44.5. The molecule has 3 fully saturated rings. The number of amides is 3. The number of ether oxygens (including phenoxy) is 1. The summed E-state index contributed by atoms with van der Waals surface area (Å²) < 4.78 is 33.1. The van der Waals surface area contributed by atoms with Crippen LogP contribution in [0, 0.1) is 23.5 Å². The van der Waals surface area contributed by atoms with Gasteiger partial charge in [0.2, 0.25) is 5.91 Å². The van der Waals surface area contributed by atoms with E-state index in [9.17, 15) is 23.2 Å². The van der Waals surface area contributed by atoms with Gasteiger partial charge in [-0.3, -0.25) is 14.4 Å². The molecule has 2 aliphatic heterocycles. The van der Waals surface area contributed by atoms with E-state index in [1.54, 1.807) is 9.80 Å². The molecule has 5 rings (SSSR count). The zero-order valence-electron chi connectivity index (χ0n) is 24.6. The van der Waals surface area contributed by atoms with Crippen LogP contribution in [0.1, 0.15) is 72.1 Å². The Balaban J connectivity index is 1.36. The molecule has 0 spiro atoms. The zero-order chi connectivity index (χ0) is 30.3. The second-order valence-electron chi connectivity index (χ2n) is 12.2. The predicted octanol–water partition coefficient (Wildman–Crippen LogP) is 4.14. The van der Waals surface area contributed by atoms with Gasteiger partial charge in [-0.25, -0.2) is 8.78 Å². The minimum atomic E-state index is -0.815. The highest BCUT2D eigenvalue weighted by molar-refractivity contribution is 5.98. The van der Waals surface area contributed by atoms with Crippen LogP contribution in [0.15, 0.2) is 48.5 Å². The summed E-state index contributed by atoms with van der Waals surface area (Å²) in [5, 5.41) is 3.11. The quantitative estimate of drug-likeness (QED) is 0.453. The van der Waals surface area contributed by atoms with Crippen LogP contribution in [0.2, 0.25) is 0 Å². The Labute approximate surface area is 251 Å². The summed E-state index contributed by atoms with van der Waals surface area (Å²) >= 11 is 0. The number of halogens is 2. The van der Waals surface area contributed by atoms with Crippen molar-refractivity contribution in [2.24, 2.45) is 17.6 Å². The lowest BCUT2D eigenvalue weighted by Gasteiger charge is -2.43. The number of benzene rings is 2. The van der Waals surface area contributed by atoms with E-state index < -0.39 is 17.7 Å². The Morgan fingerprint density at radius 3 is 2.12 bits per heavy atom. The molecule has 0 bridgehead atoms. The molecule has 1 saturated carbocycles. The van der Waals surface area contributed by atoms with Crippen LogP contribution in [0.5, 0.6) is 0 Å². The molecule has 0 radical (unpaired) electrons. The van der Waals surface area contributed by atoms with Gasteiger partial charge in [0.1, 0.15) is 17.7 Å². The molecule has 2 aromatic rings. The number of carbonyl (C=O) groups is 3. The largest absolute Gasteiger partial charge is 0.376 e. The summed E-state index contributed by atoms with van der Waals surface area (Å²) in [5.41, 5.74) is 6.50. The number of piperidine rings is 1. The first-order valence-electron chi connectivity index (χ1n) is 15.5. The molecular weight excluding hydrogens is 554 g/mol. The number of carbonyl (C=O) groups excluding carboxylic acids is 3. The number of nitrogens with two attached hydrogens (primary N) is 1. The second-order valence-corrected chi connectivity index (χ2v) is 12.2. The normalized spacial score (nSPS) is 25.7. The monoisotopic (exact) mass is 596 g/mol. The number of hydrogen-bond acceptors (Lipinski definition) is 5. The predicted molar refractivity (Wildman–Crippen MR) is 158 cm³/mol. The molecule has 2 heterocycles. The van der Waals surface area contributed by atoms with E-state index in [1.807, 2.05) is 0 Å². The lowest BCUT2D eigenvalue weighted by molar-refractivity contribution is -0.127. The van der Waals surface area contributed by atoms with Gasteiger partial charge in [0.25, 0.3) is 11.8 Å². The molecule has 43 heavy (non-hydrogen) atoms. The van der Waals surface area contributed by atoms with E-state index in [4.69, 9.17) is 10.5 Å². The third kappa shape index (κ3) is 7.78. The molecule has 1 aliphatic carbocycles. The van der Waals surface area contributed by atoms with Crippen molar-refractivity contribution in [3.05, 3.63) is 71.3 Å². The van der Waals surface area contributed by atoms with Gasteiger partial charge >= 0.3 is 0 Å². The Kier molecular flexibility index (Phi) is 10.4. The van der Waals surface area contributed by atoms with Gasteiger partial charge in [-0.1, -0.05) is 0 Å². The van der Waals surface area contributed by atoms with Gasteiger partial charge in [0.15, 0.2) is 0 Å². The maximum absolute atomic E-state index is 13.8. The number of nitrogens with zero attached hydrogens (tertiary/aromatic N) is 2. The van der Waals surface area contributed by atoms with Gasteiger partial charge in [0, 0.05) is 43.4 Å². The summed E-state index contributed by atoms with van der Waals surface area (Å²) in [6, 6.07) is 9.63. The summed E-state index contributed by atoms with van der Waals surface area (Å²) in [6.07, 6.45) is 6.39. The smallest absolute Gasteiger partial charge is 0.254 e. The lowest BCUT2D eigenvalue weighted by Crippen LogP contribution is -2.59. The molecule has 0 aromatic heterocycles. The van der Waals surface area contributed by atoms with Crippen molar-refractivity contribution in [2.75, 3.05) is 32.8 Å². The van der Waals surface area contributed by atoms with E-state index in [2.05, 4.69) is 5.32 Å². The molecule has 2 unspecified atom stereocenters. The molecule has 3 aliphatic rings. The van der Waals surface area contributed by atoms with Crippen molar-refractivity contribution in [3.63, 3.8) is 0 Å². The Morgan fingerprint density at radius 1 is 0.884 bits per heavy atom. The van der Waals surface area contributed by atoms with Crippen molar-refractivity contribution in [2.45, 2.75) is 69.6 Å². The van der Waals surface area contributed by atoms with Crippen molar-refractivity contribution >= 4 is 17.7 Å². The number of likely N-dealkylation sites (tertiary alicyclic amines) is 1. The van der Waals surface area contributed by atoms with Crippen molar-refractivity contribution in [1.29, 1.82) is 0 Å². The van der Waals surface area contributed by atoms with Crippen molar-refractivity contribution in [1.82, 2.24) is 15.1 Å². The number of hydrogen-bond donors (Lipinski definition) is 2. The molecule has 232 valence electrons. The highest BCUT2D eigenvalue weighted by atomic mass is 19.1. The minimum absolute atomic E-state index is 0.126. The van der Waals surface area contributed by atoms with Crippen LogP contribution in [0.3, 0.4) is 0 Å². The van der Waals surface area contributed by atoms with Gasteiger partial charge in [-0.2, -0.15) is 0 Å². The Bertz CT molecular complexity index is 1240. The molecule has 10 heteroatoms. The molecule has 8 nitrogen and oxygen atoms in total. The maximum atomic E-state index is 13.8. The molecule has 3 atom stereocenters. The van der Waals surface area contributed by atoms with Crippen LogP contribution in [-0.4, -0.2) is 78.5 Å². The molecule has 2 aromatic carbocycles. The van der Waals surface area contributed by atoms with Gasteiger partial charge in [-0.15, -0.1) is 0 Å². The Hall–Kier alpha value is -3.37. The second kappa shape index (κ2) is 14.4. The molecular formula is C33H42F2N4O4. The lowest BCUT2D eigenvalue weighted by atomic mass is 9.82. The average Bonchev–Trinajstić information content (AvgIpc) is 3.56. The zero-order valence-corrected chi connectivity index (χ0v) is 24.6. The maximum Gasteiger partial charge on any atom is 0.254 e. The Morgan fingerprint density at radius 2 is 1.51 bits per heavy atom. The minimum Gasteiger partial charge on any atom is -0.376 e. The first kappa shape index (κ1) is 31.1. The third-order valence-electron chi connectivity index (χ3n) is 9.31. The van der Waals surface area contributed by atoms with Crippen LogP contribution in [-0.2, 0) is 9.53 Å². The molecule has 2 saturated heterocycles. The first-order valence-corrected chi connectivity index (χ1v) is 15.5. The average molecular weight is 597 g/mol. The first-order chi connectivity index (χ1) is 20.8. The molecule has 3 amide bonds. The van der Waals surface area contributed by atoms with Crippen LogP contribution < -0.4 is 11.1 Å². The highest BCUT2D eigenvalue weighted by Gasteiger charge is 2.41. The van der Waals surface area contributed by atoms with Crippen molar-refractivity contribution < 1.29 is 27.9 Å². The molecule has 3 N–H and O–H groups in total. The van der Waals surface area contributed by atoms with Crippen molar-refractivity contribution in [3.8, 4) is 0 Å². The standard InChI is InChI=1S/C33H42F2N4O4/c34-26-11-7-24(8-12-26)32(41)38-16-15-28(18-30(38)31(40)37-20-23-5-3-22(19-36)4-6-23)39(21-29-2-1-17-43-29)33(42)25-9-13-27(35)14-10-25/h7-14,22-23,28-30H,1-6,15-21,36H2,(H,37,40)/t22?,23?,28?,29?,30-/m1/s1. The number of nitrogens with one attached hydrogen (secondary N) is 1. The van der Waals surface area contributed by atoms with Crippen LogP contribution >= 0.6 is 0 Å². The number of rotatable bonds is 9. The van der Waals surface area contributed by atoms with Gasteiger partial charge < -0.3 is 25.6 Å². The van der Waals surface area contributed by atoms with E-state index in [0.717, 1.165) is 38.5 Å². The van der Waals surface area contributed by atoms with Gasteiger partial charge in [0.05, 0.1) is 6.10 Å². The topological polar surface area (TPSA) is 105 Å². The third-order valence-corrected chi connectivity index (χ3v) is 9.31. The fourth-order valence-corrected chi connectivity index (χ4v) is 6.68. The van der Waals surface area contributed by atoms with E-state index in [-0.39, 0.29) is 42.8 Å². The SMILES string of the molecule is NCC1CCC(CNC(=O)[C@H]2CC(N(CC3CCCO3)C(=O)c3ccc(F)cc3)CCN2C(=O)c2ccc(F)cc2)CC1. The fourth-order valence-electron chi connectivity index (χ4n) is 6.68. The fraction of sp³-hybridized carbons (Fsp3) is 0.545. The van der Waals surface area contributed by atoms with Crippen LogP contribution in [0.4, 0.5) is 8.78 Å². The highest BCUT2D eigenvalue weighted by Crippen LogP contribution is 2.29. The summed E-state index contributed by atoms with van der Waals surface area (Å²) in [7, 11) is 0. The van der Waals surface area contributed by atoms with E-state index in [0.29, 0.717) is 55.6 Å². The summed E-state index contributed by atoms with van der Waals surface area (Å²) in [6.45, 7) is 2.43. The van der Waals surface area contributed by atoms with E-state index in [1.165, 1.54) is 48.5 Å².